The number of aliphatic hydroxyl groups is 1. The van der Waals surface area contributed by atoms with E-state index in [9.17, 15) is 9.90 Å². The molecule has 1 N–H and O–H groups in total. The lowest BCUT2D eigenvalue weighted by Gasteiger charge is -2.28. The first-order valence-electron chi connectivity index (χ1n) is 7.42. The summed E-state index contributed by atoms with van der Waals surface area (Å²) < 4.78 is 5.65. The van der Waals surface area contributed by atoms with Crippen molar-refractivity contribution in [2.24, 2.45) is 0 Å². The van der Waals surface area contributed by atoms with Crippen LogP contribution in [-0.4, -0.2) is 41.2 Å². The molecule has 0 fully saturated rings. The SMILES string of the molecule is CCN(CC(C)(C)O)C(=O)CCOc1cc(C)cc(C)c1. The fourth-order valence-electron chi connectivity index (χ4n) is 2.27. The maximum Gasteiger partial charge on any atom is 0.226 e. The second kappa shape index (κ2) is 7.46. The molecule has 0 saturated heterocycles. The highest BCUT2D eigenvalue weighted by atomic mass is 16.5. The van der Waals surface area contributed by atoms with Gasteiger partial charge in [-0.3, -0.25) is 4.79 Å². The lowest BCUT2D eigenvalue weighted by molar-refractivity contribution is -0.134. The zero-order valence-corrected chi connectivity index (χ0v) is 13.8. The van der Waals surface area contributed by atoms with Crippen LogP contribution in [0.4, 0.5) is 0 Å². The minimum atomic E-state index is -0.875. The third-order valence-corrected chi connectivity index (χ3v) is 3.09. The van der Waals surface area contributed by atoms with Gasteiger partial charge < -0.3 is 14.7 Å². The molecule has 4 nitrogen and oxygen atoms in total. The second-order valence-electron chi connectivity index (χ2n) is 6.14. The largest absolute Gasteiger partial charge is 0.493 e. The molecular formula is C17H27NO3. The van der Waals surface area contributed by atoms with Crippen LogP contribution < -0.4 is 4.74 Å². The maximum absolute atomic E-state index is 12.1. The Bertz CT molecular complexity index is 457. The third-order valence-electron chi connectivity index (χ3n) is 3.09. The summed E-state index contributed by atoms with van der Waals surface area (Å²) in [6.07, 6.45) is 0.316. The molecule has 0 aromatic heterocycles. The van der Waals surface area contributed by atoms with E-state index in [4.69, 9.17) is 4.74 Å². The van der Waals surface area contributed by atoms with Crippen molar-refractivity contribution in [1.82, 2.24) is 4.90 Å². The summed E-state index contributed by atoms with van der Waals surface area (Å²) in [5.41, 5.74) is 1.42. The number of amides is 1. The molecule has 1 amide bonds. The van der Waals surface area contributed by atoms with Crippen LogP contribution >= 0.6 is 0 Å². The van der Waals surface area contributed by atoms with Gasteiger partial charge in [-0.2, -0.15) is 0 Å². The standard InChI is InChI=1S/C17H27NO3/c1-6-18(12-17(4,5)20)16(19)7-8-21-15-10-13(2)9-14(3)11-15/h9-11,20H,6-8,12H2,1-5H3. The van der Waals surface area contributed by atoms with E-state index < -0.39 is 5.60 Å². The average Bonchev–Trinajstić information content (AvgIpc) is 2.33. The lowest BCUT2D eigenvalue weighted by atomic mass is 10.1. The fourth-order valence-corrected chi connectivity index (χ4v) is 2.27. The van der Waals surface area contributed by atoms with Crippen LogP contribution in [0, 0.1) is 13.8 Å². The molecule has 0 radical (unpaired) electrons. The van der Waals surface area contributed by atoms with E-state index in [2.05, 4.69) is 6.07 Å². The number of benzene rings is 1. The minimum absolute atomic E-state index is 0.00370. The average molecular weight is 293 g/mol. The first-order chi connectivity index (χ1) is 9.71. The van der Waals surface area contributed by atoms with Gasteiger partial charge in [0.2, 0.25) is 5.91 Å². The van der Waals surface area contributed by atoms with Gasteiger partial charge in [0.15, 0.2) is 0 Å². The molecule has 1 aromatic rings. The molecule has 1 aromatic carbocycles. The second-order valence-corrected chi connectivity index (χ2v) is 6.14. The van der Waals surface area contributed by atoms with Crippen LogP contribution in [0.3, 0.4) is 0 Å². The molecule has 0 aliphatic heterocycles. The smallest absolute Gasteiger partial charge is 0.226 e. The van der Waals surface area contributed by atoms with Gasteiger partial charge in [-0.05, 0) is 57.9 Å². The van der Waals surface area contributed by atoms with Crippen LogP contribution in [0.15, 0.2) is 18.2 Å². The highest BCUT2D eigenvalue weighted by Gasteiger charge is 2.20. The van der Waals surface area contributed by atoms with Crippen molar-refractivity contribution in [3.05, 3.63) is 29.3 Å². The van der Waals surface area contributed by atoms with Gasteiger partial charge in [-0.15, -0.1) is 0 Å². The van der Waals surface area contributed by atoms with Crippen molar-refractivity contribution in [3.63, 3.8) is 0 Å². The number of carbonyl (C=O) groups excluding carboxylic acids is 1. The van der Waals surface area contributed by atoms with E-state index in [1.54, 1.807) is 18.7 Å². The van der Waals surface area contributed by atoms with E-state index in [-0.39, 0.29) is 5.91 Å². The van der Waals surface area contributed by atoms with Gasteiger partial charge in [0.1, 0.15) is 5.75 Å². The summed E-state index contributed by atoms with van der Waals surface area (Å²) in [5, 5.41) is 9.81. The fraction of sp³-hybridized carbons (Fsp3) is 0.588. The Hall–Kier alpha value is -1.55. The first-order valence-corrected chi connectivity index (χ1v) is 7.42. The lowest BCUT2D eigenvalue weighted by Crippen LogP contribution is -2.42. The molecule has 0 atom stereocenters. The van der Waals surface area contributed by atoms with Crippen LogP contribution in [0.2, 0.25) is 0 Å². The molecular weight excluding hydrogens is 266 g/mol. The topological polar surface area (TPSA) is 49.8 Å². The number of hydrogen-bond donors (Lipinski definition) is 1. The third kappa shape index (κ3) is 6.63. The molecule has 21 heavy (non-hydrogen) atoms. The molecule has 0 spiro atoms. The Balaban J connectivity index is 2.48. The molecule has 0 aliphatic carbocycles. The quantitative estimate of drug-likeness (QED) is 0.841. The molecule has 4 heteroatoms. The van der Waals surface area contributed by atoms with Crippen molar-refractivity contribution < 1.29 is 14.6 Å². The van der Waals surface area contributed by atoms with Crippen molar-refractivity contribution >= 4 is 5.91 Å². The van der Waals surface area contributed by atoms with E-state index >= 15 is 0 Å². The van der Waals surface area contributed by atoms with Crippen LogP contribution in [0.5, 0.6) is 5.75 Å². The summed E-state index contributed by atoms with van der Waals surface area (Å²) in [6.45, 7) is 10.6. The zero-order valence-electron chi connectivity index (χ0n) is 13.8. The van der Waals surface area contributed by atoms with Crippen molar-refractivity contribution in [2.45, 2.75) is 46.6 Å². The Kier molecular flexibility index (Phi) is 6.21. The van der Waals surface area contributed by atoms with Crippen molar-refractivity contribution in [2.75, 3.05) is 19.7 Å². The predicted molar refractivity (Wildman–Crippen MR) is 84.6 cm³/mol. The zero-order chi connectivity index (χ0) is 16.0. The maximum atomic E-state index is 12.1. The summed E-state index contributed by atoms with van der Waals surface area (Å²) in [5.74, 6) is 0.801. The van der Waals surface area contributed by atoms with Gasteiger partial charge >= 0.3 is 0 Å². The summed E-state index contributed by atoms with van der Waals surface area (Å²) in [7, 11) is 0. The number of ether oxygens (including phenoxy) is 1. The summed E-state index contributed by atoms with van der Waals surface area (Å²) in [6, 6.07) is 6.01. The van der Waals surface area contributed by atoms with Gasteiger partial charge in [0.05, 0.1) is 18.6 Å². The molecule has 0 unspecified atom stereocenters. The summed E-state index contributed by atoms with van der Waals surface area (Å²) in [4.78, 5) is 13.8. The van der Waals surface area contributed by atoms with Crippen molar-refractivity contribution in [3.8, 4) is 5.75 Å². The van der Waals surface area contributed by atoms with Gasteiger partial charge in [-0.25, -0.2) is 0 Å². The molecule has 0 bridgehead atoms. The Labute approximate surface area is 127 Å². The van der Waals surface area contributed by atoms with E-state index in [1.165, 1.54) is 0 Å². The Morgan fingerprint density at radius 1 is 1.24 bits per heavy atom. The monoisotopic (exact) mass is 293 g/mol. The molecule has 0 saturated carbocycles. The molecule has 0 heterocycles. The number of likely N-dealkylation sites (N-methyl/N-ethyl adjacent to an activating group) is 1. The van der Waals surface area contributed by atoms with E-state index in [0.717, 1.165) is 16.9 Å². The number of nitrogens with zero attached hydrogens (tertiary/aromatic N) is 1. The number of hydrogen-bond acceptors (Lipinski definition) is 3. The van der Waals surface area contributed by atoms with E-state index in [0.29, 0.717) is 26.1 Å². The predicted octanol–water partition coefficient (Wildman–Crippen LogP) is 2.69. The number of rotatable bonds is 7. The van der Waals surface area contributed by atoms with Gasteiger partial charge in [-0.1, -0.05) is 6.07 Å². The molecule has 0 aliphatic rings. The van der Waals surface area contributed by atoms with Crippen LogP contribution in [0.1, 0.15) is 38.3 Å². The number of carbonyl (C=O) groups is 1. The van der Waals surface area contributed by atoms with Gasteiger partial charge in [0, 0.05) is 13.1 Å². The molecule has 118 valence electrons. The summed E-state index contributed by atoms with van der Waals surface area (Å²) >= 11 is 0. The van der Waals surface area contributed by atoms with Gasteiger partial charge in [0.25, 0.3) is 0 Å². The van der Waals surface area contributed by atoms with Crippen LogP contribution in [0.25, 0.3) is 0 Å². The van der Waals surface area contributed by atoms with Crippen LogP contribution in [-0.2, 0) is 4.79 Å². The highest BCUT2D eigenvalue weighted by molar-refractivity contribution is 5.76. The molecule has 1 rings (SSSR count). The number of aryl methyl sites for hydroxylation is 2. The Morgan fingerprint density at radius 3 is 2.29 bits per heavy atom. The highest BCUT2D eigenvalue weighted by Crippen LogP contribution is 2.16. The van der Waals surface area contributed by atoms with E-state index in [1.807, 2.05) is 32.9 Å². The Morgan fingerprint density at radius 2 is 1.81 bits per heavy atom. The first kappa shape index (κ1) is 17.5. The minimum Gasteiger partial charge on any atom is -0.493 e. The normalized spacial score (nSPS) is 11.3. The van der Waals surface area contributed by atoms with Crippen molar-refractivity contribution in [1.29, 1.82) is 0 Å².